The Morgan fingerprint density at radius 1 is 0.581 bits per heavy atom. The van der Waals surface area contributed by atoms with Gasteiger partial charge < -0.3 is 14.4 Å². The molecule has 7 rings (SSSR count). The van der Waals surface area contributed by atoms with Crippen molar-refractivity contribution in [2.24, 2.45) is 0 Å². The van der Waals surface area contributed by atoms with Crippen molar-refractivity contribution < 1.29 is 24.2 Å². The molecule has 2 aliphatic rings. The fraction of sp³-hybridized carbons (Fsp3) is 0.0811. The summed E-state index contributed by atoms with van der Waals surface area (Å²) in [4.78, 5) is 24.7. The zero-order valence-corrected chi connectivity index (χ0v) is 23.6. The lowest BCUT2D eigenvalue weighted by Gasteiger charge is -2.30. The number of rotatable bonds is 8. The highest BCUT2D eigenvalue weighted by atomic mass is 17.2. The van der Waals surface area contributed by atoms with E-state index in [4.69, 9.17) is 24.2 Å². The van der Waals surface area contributed by atoms with Crippen molar-refractivity contribution in [3.63, 3.8) is 0 Å². The lowest BCUT2D eigenvalue weighted by Crippen LogP contribution is -2.33. The molecule has 0 spiro atoms. The summed E-state index contributed by atoms with van der Waals surface area (Å²) < 4.78 is 5.67. The van der Waals surface area contributed by atoms with E-state index in [0.717, 1.165) is 57.7 Å². The highest BCUT2D eigenvalue weighted by Crippen LogP contribution is 2.44. The summed E-state index contributed by atoms with van der Waals surface area (Å²) >= 11 is 0. The fourth-order valence-electron chi connectivity index (χ4n) is 5.40. The number of hydrogen-bond acceptors (Lipinski definition) is 6. The van der Waals surface area contributed by atoms with Gasteiger partial charge in [-0.15, -0.1) is 0 Å². The molecule has 0 amide bonds. The third kappa shape index (κ3) is 5.15. The molecular weight excluding hydrogens is 538 g/mol. The summed E-state index contributed by atoms with van der Waals surface area (Å²) in [6.45, 7) is 0. The molecular formula is C37H29NO5. The van der Waals surface area contributed by atoms with Crippen LogP contribution in [0.5, 0.6) is 23.0 Å². The van der Waals surface area contributed by atoms with Gasteiger partial charge in [0, 0.05) is 39.8 Å². The normalized spacial score (nSPS) is 13.5. The quantitative estimate of drug-likeness (QED) is 0.138. The molecule has 6 heteroatoms. The molecule has 0 radical (unpaired) electrons. The summed E-state index contributed by atoms with van der Waals surface area (Å²) in [7, 11) is 1.70. The molecule has 0 N–H and O–H groups in total. The molecule has 0 bridgehead atoms. The first-order valence-electron chi connectivity index (χ1n) is 14.2. The summed E-state index contributed by atoms with van der Waals surface area (Å²) in [6.07, 6.45) is 6.01. The van der Waals surface area contributed by atoms with Crippen molar-refractivity contribution in [3.05, 3.63) is 145 Å². The molecule has 1 heterocycles. The first-order valence-corrected chi connectivity index (χ1v) is 14.2. The maximum Gasteiger partial charge on any atom is 0.186 e. The molecule has 212 valence electrons. The van der Waals surface area contributed by atoms with E-state index >= 15 is 0 Å². The van der Waals surface area contributed by atoms with Gasteiger partial charge in [0.05, 0.1) is 7.11 Å². The van der Waals surface area contributed by atoms with Gasteiger partial charge in [0.15, 0.2) is 23.0 Å². The Hall–Kier alpha value is -5.62. The molecule has 0 saturated heterocycles. The maximum absolute atomic E-state index is 6.45. The predicted molar refractivity (Wildman–Crippen MR) is 167 cm³/mol. The monoisotopic (exact) mass is 567 g/mol. The van der Waals surface area contributed by atoms with E-state index in [0.29, 0.717) is 23.0 Å². The predicted octanol–water partition coefficient (Wildman–Crippen LogP) is 9.21. The van der Waals surface area contributed by atoms with Crippen LogP contribution in [0.1, 0.15) is 18.4 Å². The molecule has 0 aromatic heterocycles. The van der Waals surface area contributed by atoms with Gasteiger partial charge in [0.2, 0.25) is 0 Å². The Kier molecular flexibility index (Phi) is 7.15. The lowest BCUT2D eigenvalue weighted by molar-refractivity contribution is -0.0996. The third-order valence-electron chi connectivity index (χ3n) is 7.47. The van der Waals surface area contributed by atoms with E-state index in [1.807, 2.05) is 115 Å². The summed E-state index contributed by atoms with van der Waals surface area (Å²) in [6, 6.07) is 39.2. The van der Waals surface area contributed by atoms with Gasteiger partial charge in [0.1, 0.15) is 11.4 Å². The van der Waals surface area contributed by atoms with Crippen molar-refractivity contribution in [2.45, 2.75) is 12.8 Å². The van der Waals surface area contributed by atoms with Gasteiger partial charge in [-0.1, -0.05) is 103 Å². The number of para-hydroxylation sites is 5. The second-order valence-electron chi connectivity index (χ2n) is 10.1. The molecule has 0 fully saturated rings. The lowest BCUT2D eigenvalue weighted by atomic mass is 9.97. The fourth-order valence-corrected chi connectivity index (χ4v) is 5.40. The van der Waals surface area contributed by atoms with Gasteiger partial charge in [-0.05, 0) is 42.0 Å². The van der Waals surface area contributed by atoms with Crippen molar-refractivity contribution in [1.29, 1.82) is 0 Å². The van der Waals surface area contributed by atoms with E-state index in [9.17, 15) is 0 Å². The molecule has 1 aliphatic carbocycles. The number of nitrogens with zero attached hydrogens (tertiary/aromatic N) is 1. The van der Waals surface area contributed by atoms with Crippen LogP contribution in [-0.2, 0) is 4.74 Å². The van der Waals surface area contributed by atoms with Gasteiger partial charge >= 0.3 is 0 Å². The van der Waals surface area contributed by atoms with Crippen LogP contribution in [0.2, 0.25) is 0 Å². The third-order valence-corrected chi connectivity index (χ3v) is 7.47. The van der Waals surface area contributed by atoms with E-state index in [-0.39, 0.29) is 0 Å². The van der Waals surface area contributed by atoms with Crippen LogP contribution in [0.3, 0.4) is 0 Å². The maximum atomic E-state index is 6.45. The highest BCUT2D eigenvalue weighted by molar-refractivity contribution is 5.84. The molecule has 5 aromatic carbocycles. The zero-order valence-electron chi connectivity index (χ0n) is 23.6. The van der Waals surface area contributed by atoms with Gasteiger partial charge in [-0.3, -0.25) is 9.78 Å². The van der Waals surface area contributed by atoms with E-state index < -0.39 is 0 Å². The van der Waals surface area contributed by atoms with Crippen molar-refractivity contribution in [1.82, 2.24) is 0 Å². The number of hydrogen-bond donors (Lipinski definition) is 0. The van der Waals surface area contributed by atoms with Crippen LogP contribution in [0.4, 0.5) is 5.69 Å². The number of anilines is 1. The molecule has 6 nitrogen and oxygen atoms in total. The second-order valence-corrected chi connectivity index (χ2v) is 10.1. The van der Waals surface area contributed by atoms with Gasteiger partial charge in [0.25, 0.3) is 0 Å². The standard InChI is InChI=1S/C37H29NO5/c1-39-33-21-9-3-16-28(33)30-18-6-12-24-36(30)42-43-37-25-13-7-19-31(37)29-17-5-11-23-35(29)41-38-32-20-8-2-14-26(32)27-15-4-10-22-34(27)40-38/h2-8,10-20,22-25H,9,21H2,1H3. The Bertz CT molecular complexity index is 1840. The molecule has 43 heavy (non-hydrogen) atoms. The van der Waals surface area contributed by atoms with Crippen molar-refractivity contribution in [3.8, 4) is 45.3 Å². The van der Waals surface area contributed by atoms with Crippen LogP contribution in [0.25, 0.3) is 27.8 Å². The van der Waals surface area contributed by atoms with Crippen LogP contribution >= 0.6 is 0 Å². The van der Waals surface area contributed by atoms with E-state index in [1.165, 1.54) is 5.23 Å². The van der Waals surface area contributed by atoms with Crippen LogP contribution in [0, 0.1) is 0 Å². The van der Waals surface area contributed by atoms with Crippen LogP contribution in [0.15, 0.2) is 139 Å². The van der Waals surface area contributed by atoms with Crippen molar-refractivity contribution in [2.75, 3.05) is 12.3 Å². The summed E-state index contributed by atoms with van der Waals surface area (Å²) in [5.41, 5.74) is 6.35. The van der Waals surface area contributed by atoms with Gasteiger partial charge in [-0.25, -0.2) is 0 Å². The van der Waals surface area contributed by atoms with Gasteiger partial charge in [-0.2, -0.15) is 0 Å². The summed E-state index contributed by atoms with van der Waals surface area (Å²) in [5.74, 6) is 3.37. The molecule has 0 atom stereocenters. The average Bonchev–Trinajstić information content (AvgIpc) is 3.08. The van der Waals surface area contributed by atoms with Crippen LogP contribution in [-0.4, -0.2) is 7.11 Å². The van der Waals surface area contributed by atoms with Crippen molar-refractivity contribution >= 4 is 11.3 Å². The number of methoxy groups -OCH3 is 1. The molecule has 1 aliphatic heterocycles. The Balaban J connectivity index is 1.19. The number of fused-ring (bicyclic) bond motifs is 3. The minimum atomic E-state index is 0.541. The van der Waals surface area contributed by atoms with E-state index in [1.54, 1.807) is 7.11 Å². The number of benzene rings is 5. The van der Waals surface area contributed by atoms with E-state index in [2.05, 4.69) is 18.2 Å². The number of ether oxygens (including phenoxy) is 1. The molecule has 0 saturated carbocycles. The second kappa shape index (κ2) is 11.7. The Morgan fingerprint density at radius 2 is 1.14 bits per heavy atom. The first kappa shape index (κ1) is 26.3. The topological polar surface area (TPSA) is 49.4 Å². The zero-order chi connectivity index (χ0) is 29.0. The highest BCUT2D eigenvalue weighted by Gasteiger charge is 2.26. The molecule has 0 unspecified atom stereocenters. The molecule has 5 aromatic rings. The SMILES string of the molecule is COC1=C(c2ccccc2OOc2ccccc2-c2ccccc2ON2Oc3ccccc3-c3ccccc32)C=CCC1. The number of allylic oxidation sites excluding steroid dienone is 4. The first-order chi connectivity index (χ1) is 21.3. The minimum absolute atomic E-state index is 0.541. The van der Waals surface area contributed by atoms with Crippen LogP contribution < -0.4 is 24.7 Å². The Labute approximate surface area is 250 Å². The summed E-state index contributed by atoms with van der Waals surface area (Å²) in [5, 5.41) is 1.46. The smallest absolute Gasteiger partial charge is 0.186 e. The Morgan fingerprint density at radius 3 is 1.88 bits per heavy atom. The average molecular weight is 568 g/mol. The largest absolute Gasteiger partial charge is 0.500 e. The minimum Gasteiger partial charge on any atom is -0.500 e.